The predicted molar refractivity (Wildman–Crippen MR) is 113 cm³/mol. The van der Waals surface area contributed by atoms with Crippen molar-refractivity contribution < 1.29 is 9.59 Å². The van der Waals surface area contributed by atoms with E-state index < -0.39 is 5.41 Å². The van der Waals surface area contributed by atoms with E-state index in [4.69, 9.17) is 5.73 Å². The van der Waals surface area contributed by atoms with E-state index in [1.54, 1.807) is 12.4 Å². The van der Waals surface area contributed by atoms with Crippen LogP contribution in [0.2, 0.25) is 0 Å². The average molecular weight is 392 g/mol. The second kappa shape index (κ2) is 8.36. The second-order valence-corrected chi connectivity index (χ2v) is 8.56. The van der Waals surface area contributed by atoms with Crippen LogP contribution in [0.3, 0.4) is 0 Å². The molecule has 5 heteroatoms. The summed E-state index contributed by atoms with van der Waals surface area (Å²) >= 11 is 0. The Bertz CT molecular complexity index is 877. The third-order valence-electron chi connectivity index (χ3n) is 6.68. The SMILES string of the molecule is NC(=O)[C@]1(Cc2ccccc2-c2ccncc2)CCN(C(=O)C2CCCCC2)C1. The number of pyridine rings is 1. The van der Waals surface area contributed by atoms with Crippen molar-refractivity contribution in [3.8, 4) is 11.1 Å². The number of benzene rings is 1. The average Bonchev–Trinajstić information content (AvgIpc) is 3.20. The first kappa shape index (κ1) is 19.6. The number of nitrogens with zero attached hydrogens (tertiary/aromatic N) is 2. The lowest BCUT2D eigenvalue weighted by Gasteiger charge is -2.29. The number of primary amides is 1. The number of aromatic nitrogens is 1. The molecule has 2 fully saturated rings. The number of carbonyl (C=O) groups is 2. The molecule has 0 radical (unpaired) electrons. The first-order chi connectivity index (χ1) is 14.1. The molecule has 0 spiro atoms. The zero-order chi connectivity index (χ0) is 20.3. The molecule has 2 aliphatic rings. The quantitative estimate of drug-likeness (QED) is 0.846. The summed E-state index contributed by atoms with van der Waals surface area (Å²) in [4.78, 5) is 31.6. The van der Waals surface area contributed by atoms with Gasteiger partial charge in [-0.25, -0.2) is 0 Å². The Morgan fingerprint density at radius 1 is 1.07 bits per heavy atom. The highest BCUT2D eigenvalue weighted by atomic mass is 16.2. The van der Waals surface area contributed by atoms with E-state index in [9.17, 15) is 9.59 Å². The van der Waals surface area contributed by atoms with Crippen molar-refractivity contribution in [3.05, 3.63) is 54.4 Å². The fourth-order valence-electron chi connectivity index (χ4n) is 4.95. The van der Waals surface area contributed by atoms with E-state index in [-0.39, 0.29) is 17.7 Å². The molecular formula is C24H29N3O2. The van der Waals surface area contributed by atoms with Gasteiger partial charge in [-0.1, -0.05) is 43.5 Å². The number of amides is 2. The largest absolute Gasteiger partial charge is 0.369 e. The fraction of sp³-hybridized carbons (Fsp3) is 0.458. The first-order valence-electron chi connectivity index (χ1n) is 10.7. The fourth-order valence-corrected chi connectivity index (χ4v) is 4.95. The zero-order valence-corrected chi connectivity index (χ0v) is 16.8. The van der Waals surface area contributed by atoms with Crippen LogP contribution in [-0.4, -0.2) is 34.8 Å². The van der Waals surface area contributed by atoms with Gasteiger partial charge in [0.1, 0.15) is 0 Å². The van der Waals surface area contributed by atoms with Gasteiger partial charge >= 0.3 is 0 Å². The summed E-state index contributed by atoms with van der Waals surface area (Å²) < 4.78 is 0. The Labute approximate surface area is 172 Å². The van der Waals surface area contributed by atoms with Crippen LogP contribution in [0.15, 0.2) is 48.8 Å². The maximum Gasteiger partial charge on any atom is 0.225 e. The van der Waals surface area contributed by atoms with Crippen molar-refractivity contribution in [2.75, 3.05) is 13.1 Å². The van der Waals surface area contributed by atoms with Crippen LogP contribution in [0, 0.1) is 11.3 Å². The van der Waals surface area contributed by atoms with E-state index in [1.807, 2.05) is 29.2 Å². The molecular weight excluding hydrogens is 362 g/mol. The van der Waals surface area contributed by atoms with Gasteiger partial charge in [0.05, 0.1) is 5.41 Å². The van der Waals surface area contributed by atoms with Crippen molar-refractivity contribution in [1.82, 2.24) is 9.88 Å². The van der Waals surface area contributed by atoms with Crippen LogP contribution in [-0.2, 0) is 16.0 Å². The van der Waals surface area contributed by atoms with Gasteiger partial charge in [-0.2, -0.15) is 0 Å². The monoisotopic (exact) mass is 391 g/mol. The summed E-state index contributed by atoms with van der Waals surface area (Å²) in [6.07, 6.45) is 10.2. The molecule has 5 nitrogen and oxygen atoms in total. The lowest BCUT2D eigenvalue weighted by atomic mass is 9.78. The molecule has 29 heavy (non-hydrogen) atoms. The van der Waals surface area contributed by atoms with E-state index >= 15 is 0 Å². The summed E-state index contributed by atoms with van der Waals surface area (Å²) in [6, 6.07) is 12.1. The lowest BCUT2D eigenvalue weighted by molar-refractivity contribution is -0.136. The van der Waals surface area contributed by atoms with Crippen molar-refractivity contribution in [2.24, 2.45) is 17.1 Å². The highest BCUT2D eigenvalue weighted by Gasteiger charge is 2.46. The Kier molecular flexibility index (Phi) is 5.65. The highest BCUT2D eigenvalue weighted by molar-refractivity contribution is 5.85. The highest BCUT2D eigenvalue weighted by Crippen LogP contribution is 2.38. The van der Waals surface area contributed by atoms with Crippen LogP contribution < -0.4 is 5.73 Å². The smallest absolute Gasteiger partial charge is 0.225 e. The van der Waals surface area contributed by atoms with E-state index in [2.05, 4.69) is 17.1 Å². The maximum absolute atomic E-state index is 13.0. The Balaban J connectivity index is 1.57. The minimum absolute atomic E-state index is 0.122. The number of hydrogen-bond acceptors (Lipinski definition) is 3. The van der Waals surface area contributed by atoms with Crippen LogP contribution in [0.4, 0.5) is 0 Å². The summed E-state index contributed by atoms with van der Waals surface area (Å²) in [7, 11) is 0. The van der Waals surface area contributed by atoms with Crippen LogP contribution >= 0.6 is 0 Å². The molecule has 1 aliphatic carbocycles. The molecule has 2 aromatic rings. The molecule has 0 bridgehead atoms. The summed E-state index contributed by atoms with van der Waals surface area (Å²) in [5.41, 5.74) is 8.47. The first-order valence-corrected chi connectivity index (χ1v) is 10.7. The number of nitrogens with two attached hydrogens (primary N) is 1. The number of hydrogen-bond donors (Lipinski definition) is 1. The van der Waals surface area contributed by atoms with Crippen LogP contribution in [0.1, 0.15) is 44.1 Å². The molecule has 1 aliphatic heterocycles. The van der Waals surface area contributed by atoms with Crippen molar-refractivity contribution >= 4 is 11.8 Å². The predicted octanol–water partition coefficient (Wildman–Crippen LogP) is 3.58. The molecule has 152 valence electrons. The second-order valence-electron chi connectivity index (χ2n) is 8.56. The maximum atomic E-state index is 13.0. The zero-order valence-electron chi connectivity index (χ0n) is 16.8. The summed E-state index contributed by atoms with van der Waals surface area (Å²) in [6.45, 7) is 1.05. The van der Waals surface area contributed by atoms with E-state index in [0.717, 1.165) is 42.4 Å². The third-order valence-corrected chi connectivity index (χ3v) is 6.68. The van der Waals surface area contributed by atoms with Gasteiger partial charge in [0.2, 0.25) is 11.8 Å². The minimum Gasteiger partial charge on any atom is -0.369 e. The number of rotatable bonds is 5. The molecule has 2 amide bonds. The molecule has 2 heterocycles. The van der Waals surface area contributed by atoms with E-state index in [1.165, 1.54) is 6.42 Å². The van der Waals surface area contributed by atoms with Gasteiger partial charge in [0.25, 0.3) is 0 Å². The van der Waals surface area contributed by atoms with Gasteiger partial charge < -0.3 is 10.6 Å². The van der Waals surface area contributed by atoms with Gasteiger partial charge in [0.15, 0.2) is 0 Å². The van der Waals surface area contributed by atoms with Crippen LogP contribution in [0.25, 0.3) is 11.1 Å². The normalized spacial score (nSPS) is 22.6. The molecule has 1 atom stereocenters. The summed E-state index contributed by atoms with van der Waals surface area (Å²) in [5, 5.41) is 0. The van der Waals surface area contributed by atoms with Gasteiger partial charge in [-0.3, -0.25) is 14.6 Å². The van der Waals surface area contributed by atoms with Crippen molar-refractivity contribution in [2.45, 2.75) is 44.9 Å². The molecule has 4 rings (SSSR count). The lowest BCUT2D eigenvalue weighted by Crippen LogP contribution is -2.43. The number of likely N-dealkylation sites (tertiary alicyclic amines) is 1. The van der Waals surface area contributed by atoms with Crippen LogP contribution in [0.5, 0.6) is 0 Å². The minimum atomic E-state index is -0.701. The van der Waals surface area contributed by atoms with Gasteiger partial charge in [-0.15, -0.1) is 0 Å². The Hall–Kier alpha value is -2.69. The molecule has 1 saturated carbocycles. The third kappa shape index (κ3) is 4.04. The summed E-state index contributed by atoms with van der Waals surface area (Å²) in [5.74, 6) is 0.0350. The number of carbonyl (C=O) groups excluding carboxylic acids is 2. The van der Waals surface area contributed by atoms with Crippen molar-refractivity contribution in [1.29, 1.82) is 0 Å². The Morgan fingerprint density at radius 3 is 2.52 bits per heavy atom. The van der Waals surface area contributed by atoms with Gasteiger partial charge in [-0.05, 0) is 54.5 Å². The Morgan fingerprint density at radius 2 is 1.79 bits per heavy atom. The van der Waals surface area contributed by atoms with Gasteiger partial charge in [0, 0.05) is 31.4 Å². The van der Waals surface area contributed by atoms with Crippen molar-refractivity contribution in [3.63, 3.8) is 0 Å². The molecule has 1 aromatic carbocycles. The molecule has 1 saturated heterocycles. The van der Waals surface area contributed by atoms with E-state index in [0.29, 0.717) is 25.9 Å². The molecule has 0 unspecified atom stereocenters. The molecule has 1 aromatic heterocycles. The topological polar surface area (TPSA) is 76.3 Å². The molecule has 2 N–H and O–H groups in total. The standard InChI is InChI=1S/C24H29N3O2/c25-23(29)24(12-15-27(17-24)22(28)19-6-2-1-3-7-19)16-20-8-4-5-9-21(20)18-10-13-26-14-11-18/h4-5,8-11,13-14,19H,1-3,6-7,12,15-17H2,(H2,25,29)/t24-/m0/s1.